The summed E-state index contributed by atoms with van der Waals surface area (Å²) in [6, 6.07) is 15.4. The summed E-state index contributed by atoms with van der Waals surface area (Å²) in [5, 5.41) is 15.1. The van der Waals surface area contributed by atoms with Crippen LogP contribution in [0.1, 0.15) is 11.1 Å². The summed E-state index contributed by atoms with van der Waals surface area (Å²) in [7, 11) is 0. The second kappa shape index (κ2) is 6.24. The lowest BCUT2D eigenvalue weighted by molar-refractivity contribution is 0.318. The highest BCUT2D eigenvalue weighted by Crippen LogP contribution is 2.22. The van der Waals surface area contributed by atoms with E-state index < -0.39 is 0 Å². The summed E-state index contributed by atoms with van der Waals surface area (Å²) >= 11 is 3.48. The Morgan fingerprint density at radius 1 is 1.16 bits per heavy atom. The van der Waals surface area contributed by atoms with Crippen molar-refractivity contribution in [1.29, 1.82) is 0 Å². The van der Waals surface area contributed by atoms with Gasteiger partial charge in [-0.2, -0.15) is 0 Å². The van der Waals surface area contributed by atoms with Crippen LogP contribution in [0.2, 0.25) is 0 Å². The molecule has 0 aromatic heterocycles. The molecule has 0 unspecified atom stereocenters. The van der Waals surface area contributed by atoms with Gasteiger partial charge in [0.15, 0.2) is 5.84 Å². The fourth-order valence-electron chi connectivity index (χ4n) is 1.77. The molecular formula is C14H14BrN3O. The molecule has 0 aliphatic heterocycles. The molecule has 4 N–H and O–H groups in total. The average Bonchev–Trinajstić information content (AvgIpc) is 2.46. The van der Waals surface area contributed by atoms with Gasteiger partial charge in [0, 0.05) is 22.3 Å². The van der Waals surface area contributed by atoms with Crippen LogP contribution in [0.3, 0.4) is 0 Å². The highest BCUT2D eigenvalue weighted by Gasteiger charge is 2.06. The predicted molar refractivity (Wildman–Crippen MR) is 80.4 cm³/mol. The Morgan fingerprint density at radius 3 is 2.58 bits per heavy atom. The van der Waals surface area contributed by atoms with E-state index in [9.17, 15) is 0 Å². The SMILES string of the molecule is NC(=NO)c1ccccc1CNc1ccccc1Br. The molecule has 2 rings (SSSR count). The maximum absolute atomic E-state index is 8.78. The van der Waals surface area contributed by atoms with Crippen molar-refractivity contribution in [2.75, 3.05) is 5.32 Å². The molecule has 0 saturated heterocycles. The summed E-state index contributed by atoms with van der Waals surface area (Å²) in [6.07, 6.45) is 0. The van der Waals surface area contributed by atoms with Gasteiger partial charge in [0.05, 0.1) is 0 Å². The van der Waals surface area contributed by atoms with Gasteiger partial charge in [0.1, 0.15) is 0 Å². The van der Waals surface area contributed by atoms with Gasteiger partial charge in [0.25, 0.3) is 0 Å². The van der Waals surface area contributed by atoms with E-state index in [2.05, 4.69) is 26.4 Å². The molecule has 19 heavy (non-hydrogen) atoms. The maximum Gasteiger partial charge on any atom is 0.170 e. The van der Waals surface area contributed by atoms with E-state index in [1.54, 1.807) is 0 Å². The minimum atomic E-state index is 0.115. The number of amidine groups is 1. The Balaban J connectivity index is 2.19. The lowest BCUT2D eigenvalue weighted by Gasteiger charge is -2.11. The molecule has 2 aromatic rings. The van der Waals surface area contributed by atoms with E-state index in [4.69, 9.17) is 10.9 Å². The van der Waals surface area contributed by atoms with Gasteiger partial charge in [-0.05, 0) is 33.6 Å². The maximum atomic E-state index is 8.78. The van der Waals surface area contributed by atoms with Crippen LogP contribution in [0.25, 0.3) is 0 Å². The first-order valence-electron chi connectivity index (χ1n) is 5.76. The third-order valence-corrected chi connectivity index (χ3v) is 3.44. The van der Waals surface area contributed by atoms with Crippen molar-refractivity contribution >= 4 is 27.5 Å². The third kappa shape index (κ3) is 3.26. The summed E-state index contributed by atoms with van der Waals surface area (Å²) < 4.78 is 0.997. The zero-order chi connectivity index (χ0) is 13.7. The standard InChI is InChI=1S/C14H14BrN3O/c15-12-7-3-4-8-13(12)17-9-10-5-1-2-6-11(10)14(16)18-19/h1-8,17,19H,9H2,(H2,16,18). The number of rotatable bonds is 4. The Kier molecular flexibility index (Phi) is 4.41. The second-order valence-corrected chi connectivity index (χ2v) is 4.83. The number of halogens is 1. The number of oxime groups is 1. The van der Waals surface area contributed by atoms with Gasteiger partial charge in [-0.25, -0.2) is 0 Å². The molecule has 0 aliphatic carbocycles. The number of anilines is 1. The van der Waals surface area contributed by atoms with E-state index in [0.29, 0.717) is 6.54 Å². The number of nitrogens with two attached hydrogens (primary N) is 1. The molecule has 0 spiro atoms. The van der Waals surface area contributed by atoms with Crippen molar-refractivity contribution in [1.82, 2.24) is 0 Å². The van der Waals surface area contributed by atoms with E-state index in [1.807, 2.05) is 48.5 Å². The molecule has 0 fully saturated rings. The van der Waals surface area contributed by atoms with Gasteiger partial charge in [0.2, 0.25) is 0 Å². The summed E-state index contributed by atoms with van der Waals surface area (Å²) in [5.41, 5.74) is 8.35. The quantitative estimate of drug-likeness (QED) is 0.351. The lowest BCUT2D eigenvalue weighted by atomic mass is 10.1. The highest BCUT2D eigenvalue weighted by atomic mass is 79.9. The van der Waals surface area contributed by atoms with Gasteiger partial charge in [-0.3, -0.25) is 0 Å². The van der Waals surface area contributed by atoms with Crippen LogP contribution in [0.5, 0.6) is 0 Å². The molecule has 0 atom stereocenters. The van der Waals surface area contributed by atoms with E-state index in [0.717, 1.165) is 21.3 Å². The third-order valence-electron chi connectivity index (χ3n) is 2.74. The largest absolute Gasteiger partial charge is 0.409 e. The minimum Gasteiger partial charge on any atom is -0.409 e. The van der Waals surface area contributed by atoms with Crippen LogP contribution in [-0.4, -0.2) is 11.0 Å². The topological polar surface area (TPSA) is 70.6 Å². The van der Waals surface area contributed by atoms with Crippen LogP contribution in [0, 0.1) is 0 Å². The van der Waals surface area contributed by atoms with E-state index >= 15 is 0 Å². The van der Waals surface area contributed by atoms with Crippen molar-refractivity contribution in [2.45, 2.75) is 6.54 Å². The first kappa shape index (κ1) is 13.4. The number of nitrogens with one attached hydrogen (secondary N) is 1. The van der Waals surface area contributed by atoms with Gasteiger partial charge >= 0.3 is 0 Å². The van der Waals surface area contributed by atoms with E-state index in [-0.39, 0.29) is 5.84 Å². The zero-order valence-electron chi connectivity index (χ0n) is 10.2. The minimum absolute atomic E-state index is 0.115. The average molecular weight is 320 g/mol. The molecule has 0 heterocycles. The van der Waals surface area contributed by atoms with Crippen molar-refractivity contribution in [3.63, 3.8) is 0 Å². The molecule has 4 nitrogen and oxygen atoms in total. The number of benzene rings is 2. The molecule has 0 bridgehead atoms. The number of nitrogens with zero attached hydrogens (tertiary/aromatic N) is 1. The van der Waals surface area contributed by atoms with Crippen molar-refractivity contribution in [3.05, 3.63) is 64.1 Å². The first-order chi connectivity index (χ1) is 9.22. The first-order valence-corrected chi connectivity index (χ1v) is 6.56. The molecule has 98 valence electrons. The summed E-state index contributed by atoms with van der Waals surface area (Å²) in [5.74, 6) is 0.115. The molecule has 0 saturated carbocycles. The van der Waals surface area contributed by atoms with Crippen molar-refractivity contribution in [2.24, 2.45) is 10.9 Å². The van der Waals surface area contributed by atoms with Crippen molar-refractivity contribution in [3.8, 4) is 0 Å². The molecular weight excluding hydrogens is 306 g/mol. The normalized spacial score (nSPS) is 11.3. The van der Waals surface area contributed by atoms with Crippen molar-refractivity contribution < 1.29 is 5.21 Å². The second-order valence-electron chi connectivity index (χ2n) is 3.98. The Labute approximate surface area is 120 Å². The Bertz CT molecular complexity index is 599. The Morgan fingerprint density at radius 2 is 1.84 bits per heavy atom. The Hall–Kier alpha value is -2.01. The van der Waals surface area contributed by atoms with Crippen LogP contribution in [0.4, 0.5) is 5.69 Å². The fourth-order valence-corrected chi connectivity index (χ4v) is 2.20. The van der Waals surface area contributed by atoms with Crippen LogP contribution in [-0.2, 0) is 6.54 Å². The molecule has 0 aliphatic rings. The zero-order valence-corrected chi connectivity index (χ0v) is 11.8. The monoisotopic (exact) mass is 319 g/mol. The molecule has 5 heteroatoms. The van der Waals surface area contributed by atoms with Crippen LogP contribution < -0.4 is 11.1 Å². The number of hydrogen-bond donors (Lipinski definition) is 3. The fraction of sp³-hybridized carbons (Fsp3) is 0.0714. The van der Waals surface area contributed by atoms with Gasteiger partial charge in [-0.1, -0.05) is 41.6 Å². The summed E-state index contributed by atoms with van der Waals surface area (Å²) in [4.78, 5) is 0. The van der Waals surface area contributed by atoms with Gasteiger partial charge in [-0.15, -0.1) is 0 Å². The molecule has 2 aromatic carbocycles. The number of hydrogen-bond acceptors (Lipinski definition) is 3. The van der Waals surface area contributed by atoms with Crippen LogP contribution in [0.15, 0.2) is 58.2 Å². The molecule has 0 amide bonds. The van der Waals surface area contributed by atoms with Gasteiger partial charge < -0.3 is 16.3 Å². The highest BCUT2D eigenvalue weighted by molar-refractivity contribution is 9.10. The molecule has 0 radical (unpaired) electrons. The predicted octanol–water partition coefficient (Wildman–Crippen LogP) is 3.16. The van der Waals surface area contributed by atoms with E-state index in [1.165, 1.54) is 0 Å². The summed E-state index contributed by atoms with van der Waals surface area (Å²) in [6.45, 7) is 0.592. The number of para-hydroxylation sites is 1. The smallest absolute Gasteiger partial charge is 0.170 e. The lowest BCUT2D eigenvalue weighted by Crippen LogP contribution is -2.16. The van der Waals surface area contributed by atoms with Crippen LogP contribution >= 0.6 is 15.9 Å².